The van der Waals surface area contributed by atoms with Gasteiger partial charge in [-0.15, -0.1) is 0 Å². The minimum atomic E-state index is 0.604. The summed E-state index contributed by atoms with van der Waals surface area (Å²) < 4.78 is 5.39. The van der Waals surface area contributed by atoms with Crippen LogP contribution in [0.2, 0.25) is 0 Å². The molecule has 1 spiro atoms. The van der Waals surface area contributed by atoms with Crippen LogP contribution in [0.25, 0.3) is 87.0 Å². The van der Waals surface area contributed by atoms with Gasteiger partial charge in [-0.3, -0.25) is 9.97 Å². The Morgan fingerprint density at radius 2 is 1.18 bits per heavy atom. The van der Waals surface area contributed by atoms with Crippen molar-refractivity contribution in [3.63, 3.8) is 0 Å². The van der Waals surface area contributed by atoms with Gasteiger partial charge in [0.2, 0.25) is 0 Å². The van der Waals surface area contributed by atoms with Crippen LogP contribution in [0.4, 0.5) is 0 Å². The van der Waals surface area contributed by atoms with E-state index in [-0.39, 0.29) is 0 Å². The fraction of sp³-hybridized carbons (Fsp3) is 0.373. The second-order valence-electron chi connectivity index (χ2n) is 20.2. The molecule has 4 nitrogen and oxygen atoms in total. The number of hydrogen-bond acceptors (Lipinski definition) is 2. The number of rotatable bonds is 0. The second-order valence-corrected chi connectivity index (χ2v) is 20.2. The quantitative estimate of drug-likeness (QED) is 0.116. The summed E-state index contributed by atoms with van der Waals surface area (Å²) in [4.78, 5) is 11.2. The minimum absolute atomic E-state index is 0.604. The average molecular weight is 709 g/mol. The van der Waals surface area contributed by atoms with Crippen LogP contribution in [-0.2, 0) is 0 Å². The normalized spacial score (nSPS) is 32.8. The van der Waals surface area contributed by atoms with E-state index in [0.717, 1.165) is 23.7 Å². The fourth-order valence-corrected chi connectivity index (χ4v) is 16.8. The Morgan fingerprint density at radius 1 is 0.473 bits per heavy atom. The summed E-state index contributed by atoms with van der Waals surface area (Å²) in [5, 5.41) is 14.4. The van der Waals surface area contributed by atoms with Gasteiger partial charge in [-0.2, -0.15) is 0 Å². The minimum Gasteiger partial charge on any atom is -0.308 e. The molecule has 6 heterocycles. The van der Waals surface area contributed by atoms with Crippen molar-refractivity contribution in [2.24, 2.45) is 29.1 Å². The van der Waals surface area contributed by atoms with Crippen molar-refractivity contribution in [3.8, 4) is 0 Å². The Bertz CT molecular complexity index is 3460. The Kier molecular flexibility index (Phi) is 4.29. The zero-order valence-corrected chi connectivity index (χ0v) is 30.9. The van der Waals surface area contributed by atoms with E-state index in [1.807, 2.05) is 0 Å². The Balaban J connectivity index is 1.16. The first-order chi connectivity index (χ1) is 27.2. The maximum atomic E-state index is 5.60. The van der Waals surface area contributed by atoms with Crippen LogP contribution in [0.3, 0.4) is 0 Å². The Morgan fingerprint density at radius 3 is 2.07 bits per heavy atom. The standard InChI is InChI=1S/C51H40N4/c1-2-7-36-32(5-1)33-9-8-25-4-3-6-34-40(25)49(33)54(36)37-18-35-44-38(21-53-48-29-16-31-17-30-15-28(42(44)48)19-51(30,31)20-29)55-39-22-52-47-27-13-23-10-24(14-27)12-26(11-23)41(47)45(39)46(43(34)37)50(35)55/h1-9,18,21-24,26-31H,10-17,19-20H2. The lowest BCUT2D eigenvalue weighted by atomic mass is 9.56. The predicted molar refractivity (Wildman–Crippen MR) is 222 cm³/mol. The van der Waals surface area contributed by atoms with Gasteiger partial charge in [-0.25, -0.2) is 0 Å². The number of para-hydroxylation sites is 1. The molecule has 7 atom stereocenters. The molecule has 10 aromatic rings. The number of benzene rings is 4. The van der Waals surface area contributed by atoms with Crippen molar-refractivity contribution in [1.29, 1.82) is 0 Å². The molecule has 8 aliphatic rings. The van der Waals surface area contributed by atoms with Gasteiger partial charge >= 0.3 is 0 Å². The van der Waals surface area contributed by atoms with Crippen LogP contribution >= 0.6 is 0 Å². The highest BCUT2D eigenvalue weighted by Crippen LogP contribution is 2.76. The zero-order chi connectivity index (χ0) is 34.8. The second kappa shape index (κ2) is 8.55. The molecule has 0 amide bonds. The van der Waals surface area contributed by atoms with Gasteiger partial charge < -0.3 is 8.80 Å². The van der Waals surface area contributed by atoms with Gasteiger partial charge in [0.1, 0.15) is 0 Å². The molecular formula is C51H40N4. The molecule has 6 aromatic heterocycles. The van der Waals surface area contributed by atoms with E-state index in [1.54, 1.807) is 11.1 Å². The van der Waals surface area contributed by atoms with Crippen LogP contribution < -0.4 is 0 Å². The van der Waals surface area contributed by atoms with E-state index in [2.05, 4.69) is 81.9 Å². The van der Waals surface area contributed by atoms with Crippen molar-refractivity contribution < 1.29 is 0 Å². The van der Waals surface area contributed by atoms with E-state index in [4.69, 9.17) is 9.97 Å². The first-order valence-corrected chi connectivity index (χ1v) is 21.7. The topological polar surface area (TPSA) is 34.6 Å². The lowest BCUT2D eigenvalue weighted by Crippen LogP contribution is -2.41. The van der Waals surface area contributed by atoms with E-state index in [9.17, 15) is 0 Å². The predicted octanol–water partition coefficient (Wildman–Crippen LogP) is 12.7. The SMILES string of the molecule is c1cc2ccc3c4ccccc4n4c5cc6c7c8c(ncc7n7c9cnc%10c(c9c(c5c(c1)c2c34)c67)C1CC2CC(CC%10C2)C1)C1CC2CC3CC8CC23C1. The fourth-order valence-electron chi connectivity index (χ4n) is 16.8. The summed E-state index contributed by atoms with van der Waals surface area (Å²) in [6, 6.07) is 23.8. The molecule has 4 aromatic carbocycles. The molecule has 7 unspecified atom stereocenters. The van der Waals surface area contributed by atoms with E-state index in [1.165, 1.54) is 163 Å². The van der Waals surface area contributed by atoms with Crippen LogP contribution in [0.1, 0.15) is 110 Å². The lowest BCUT2D eigenvalue weighted by Gasteiger charge is -2.48. The molecule has 8 aliphatic carbocycles. The summed E-state index contributed by atoms with van der Waals surface area (Å²) in [5.74, 6) is 6.07. The third-order valence-corrected chi connectivity index (χ3v) is 18.3. The van der Waals surface area contributed by atoms with E-state index >= 15 is 0 Å². The van der Waals surface area contributed by atoms with Gasteiger partial charge in [0.05, 0.1) is 45.5 Å². The monoisotopic (exact) mass is 708 g/mol. The van der Waals surface area contributed by atoms with Crippen LogP contribution in [0.5, 0.6) is 0 Å². The summed E-state index contributed by atoms with van der Waals surface area (Å²) in [6.07, 6.45) is 18.5. The third kappa shape index (κ3) is 2.79. The number of nitrogens with zero attached hydrogens (tertiary/aromatic N) is 4. The maximum Gasteiger partial charge on any atom is 0.0728 e. The molecule has 0 N–H and O–H groups in total. The molecule has 5 saturated carbocycles. The van der Waals surface area contributed by atoms with Gasteiger partial charge in [0.15, 0.2) is 0 Å². The van der Waals surface area contributed by atoms with Crippen molar-refractivity contribution >= 4 is 87.0 Å². The molecule has 55 heavy (non-hydrogen) atoms. The maximum absolute atomic E-state index is 5.60. The van der Waals surface area contributed by atoms with Crippen molar-refractivity contribution in [1.82, 2.24) is 18.8 Å². The van der Waals surface area contributed by atoms with Gasteiger partial charge in [0, 0.05) is 66.3 Å². The first kappa shape index (κ1) is 27.6. The number of fused-ring (bicyclic) bond motifs is 19. The number of aromatic nitrogens is 4. The van der Waals surface area contributed by atoms with Crippen LogP contribution in [0, 0.1) is 29.1 Å². The molecular weight excluding hydrogens is 669 g/mol. The highest BCUT2D eigenvalue weighted by atomic mass is 15.0. The van der Waals surface area contributed by atoms with Crippen molar-refractivity contribution in [2.45, 2.75) is 87.9 Å². The third-order valence-electron chi connectivity index (χ3n) is 18.3. The molecule has 18 rings (SSSR count). The summed E-state index contributed by atoms with van der Waals surface area (Å²) in [6.45, 7) is 0. The molecule has 7 bridgehead atoms. The van der Waals surface area contributed by atoms with E-state index in [0.29, 0.717) is 29.1 Å². The molecule has 0 saturated heterocycles. The lowest BCUT2D eigenvalue weighted by molar-refractivity contribution is 0.00321. The molecule has 5 fully saturated rings. The first-order valence-electron chi connectivity index (χ1n) is 21.7. The average Bonchev–Trinajstić information content (AvgIpc) is 3.94. The van der Waals surface area contributed by atoms with Gasteiger partial charge in [-0.1, -0.05) is 48.5 Å². The van der Waals surface area contributed by atoms with Crippen LogP contribution in [0.15, 0.2) is 73.1 Å². The highest BCUT2D eigenvalue weighted by molar-refractivity contribution is 6.39. The Hall–Kier alpha value is -4.96. The van der Waals surface area contributed by atoms with Crippen molar-refractivity contribution in [3.05, 3.63) is 95.6 Å². The van der Waals surface area contributed by atoms with Crippen LogP contribution in [-0.4, -0.2) is 18.8 Å². The number of hydrogen-bond donors (Lipinski definition) is 0. The number of pyridine rings is 3. The highest BCUT2D eigenvalue weighted by Gasteiger charge is 2.66. The molecule has 4 heteroatoms. The largest absolute Gasteiger partial charge is 0.308 e. The Labute approximate surface area is 317 Å². The van der Waals surface area contributed by atoms with Gasteiger partial charge in [-0.05, 0) is 139 Å². The molecule has 264 valence electrons. The summed E-state index contributed by atoms with van der Waals surface area (Å²) >= 11 is 0. The summed E-state index contributed by atoms with van der Waals surface area (Å²) in [5.41, 5.74) is 15.0. The summed E-state index contributed by atoms with van der Waals surface area (Å²) in [7, 11) is 0. The van der Waals surface area contributed by atoms with E-state index < -0.39 is 0 Å². The smallest absolute Gasteiger partial charge is 0.0728 e. The van der Waals surface area contributed by atoms with Crippen molar-refractivity contribution in [2.75, 3.05) is 0 Å². The molecule has 0 radical (unpaired) electrons. The molecule has 0 aliphatic heterocycles. The van der Waals surface area contributed by atoms with Gasteiger partial charge in [0.25, 0.3) is 0 Å². The zero-order valence-electron chi connectivity index (χ0n) is 30.9.